The van der Waals surface area contributed by atoms with Crippen molar-refractivity contribution in [3.8, 4) is 11.6 Å². The summed E-state index contributed by atoms with van der Waals surface area (Å²) in [6.45, 7) is 2.60. The zero-order valence-corrected chi connectivity index (χ0v) is 17.2. The molecule has 154 valence electrons. The lowest BCUT2D eigenvalue weighted by Gasteiger charge is -2.26. The Morgan fingerprint density at radius 3 is 2.67 bits per heavy atom. The summed E-state index contributed by atoms with van der Waals surface area (Å²) < 4.78 is 8.59. The molecule has 1 aliphatic heterocycles. The van der Waals surface area contributed by atoms with E-state index in [1.54, 1.807) is 11.7 Å². The minimum atomic E-state index is -0.330. The van der Waals surface area contributed by atoms with Crippen molar-refractivity contribution < 1.29 is 9.84 Å². The van der Waals surface area contributed by atoms with E-state index in [-0.39, 0.29) is 17.6 Å². The summed E-state index contributed by atoms with van der Waals surface area (Å²) >= 11 is 0. The van der Waals surface area contributed by atoms with Crippen LogP contribution in [0.15, 0.2) is 53.3 Å². The highest BCUT2D eigenvalue weighted by Gasteiger charge is 2.35. The van der Waals surface area contributed by atoms with Crippen LogP contribution in [0.25, 0.3) is 10.9 Å². The molecule has 4 aromatic rings. The van der Waals surface area contributed by atoms with E-state index in [0.717, 1.165) is 46.3 Å². The van der Waals surface area contributed by atoms with E-state index < -0.39 is 0 Å². The SMILES string of the molecule is CCCCn1c(O)c2n(c1=O)[C@H](c1ccc(OC)cc1)c1[nH]c3ccccc3c1C2. The van der Waals surface area contributed by atoms with Gasteiger partial charge in [-0.05, 0) is 35.7 Å². The number of aromatic nitrogens is 3. The van der Waals surface area contributed by atoms with Crippen LogP contribution >= 0.6 is 0 Å². The van der Waals surface area contributed by atoms with Crippen LogP contribution in [0.3, 0.4) is 0 Å². The quantitative estimate of drug-likeness (QED) is 0.462. The summed E-state index contributed by atoms with van der Waals surface area (Å²) in [5.74, 6) is 0.852. The summed E-state index contributed by atoms with van der Waals surface area (Å²) in [4.78, 5) is 17.0. The molecule has 0 radical (unpaired) electrons. The Morgan fingerprint density at radius 1 is 1.17 bits per heavy atom. The lowest BCUT2D eigenvalue weighted by atomic mass is 9.93. The van der Waals surface area contributed by atoms with Crippen LogP contribution < -0.4 is 10.4 Å². The minimum Gasteiger partial charge on any atom is -0.497 e. The van der Waals surface area contributed by atoms with E-state index in [9.17, 15) is 9.90 Å². The molecule has 6 nitrogen and oxygen atoms in total. The number of unbranched alkanes of at least 4 members (excludes halogenated alkanes) is 1. The molecule has 0 amide bonds. The minimum absolute atomic E-state index is 0.0860. The van der Waals surface area contributed by atoms with Gasteiger partial charge < -0.3 is 14.8 Å². The highest BCUT2D eigenvalue weighted by molar-refractivity contribution is 5.86. The predicted octanol–water partition coefficient (Wildman–Crippen LogP) is 4.19. The number of nitrogens with one attached hydrogen (secondary N) is 1. The number of fused-ring (bicyclic) bond motifs is 4. The van der Waals surface area contributed by atoms with Crippen molar-refractivity contribution in [1.29, 1.82) is 0 Å². The third-order valence-corrected chi connectivity index (χ3v) is 6.13. The number of hydrogen-bond donors (Lipinski definition) is 2. The van der Waals surface area contributed by atoms with Crippen molar-refractivity contribution in [3.05, 3.63) is 81.5 Å². The number of para-hydroxylation sites is 1. The van der Waals surface area contributed by atoms with Crippen LogP contribution in [0.2, 0.25) is 0 Å². The largest absolute Gasteiger partial charge is 0.497 e. The number of H-pyrrole nitrogens is 1. The topological polar surface area (TPSA) is 72.2 Å². The van der Waals surface area contributed by atoms with Gasteiger partial charge in [0.15, 0.2) is 0 Å². The Kier molecular flexibility index (Phi) is 4.42. The molecule has 0 aliphatic carbocycles. The average molecular weight is 403 g/mol. The number of nitrogens with zero attached hydrogens (tertiary/aromatic N) is 2. The molecule has 0 saturated heterocycles. The molecule has 0 spiro atoms. The summed E-state index contributed by atoms with van der Waals surface area (Å²) in [5.41, 5.74) is 4.66. The third-order valence-electron chi connectivity index (χ3n) is 6.13. The summed E-state index contributed by atoms with van der Waals surface area (Å²) in [6, 6.07) is 15.6. The maximum absolute atomic E-state index is 13.4. The molecular weight excluding hydrogens is 378 g/mol. The number of methoxy groups -OCH3 is 1. The third kappa shape index (κ3) is 2.67. The van der Waals surface area contributed by atoms with Gasteiger partial charge in [0.25, 0.3) is 0 Å². The molecule has 2 N–H and O–H groups in total. The second kappa shape index (κ2) is 7.13. The standard InChI is InChI=1S/C24H25N3O3/c1-3-4-13-26-23(28)20-14-18-17-7-5-6-8-19(17)25-21(18)22(27(20)24(26)29)15-9-11-16(30-2)12-10-15/h5-12,22,25,28H,3-4,13-14H2,1-2H3/t22-/m1/s1. The fourth-order valence-corrected chi connectivity index (χ4v) is 4.59. The van der Waals surface area contributed by atoms with Gasteiger partial charge in [0.2, 0.25) is 5.88 Å². The molecule has 1 aliphatic rings. The highest BCUT2D eigenvalue weighted by atomic mass is 16.5. The fraction of sp³-hybridized carbons (Fsp3) is 0.292. The van der Waals surface area contributed by atoms with Crippen LogP contribution in [-0.2, 0) is 13.0 Å². The second-order valence-corrected chi connectivity index (χ2v) is 7.84. The van der Waals surface area contributed by atoms with Gasteiger partial charge in [0.1, 0.15) is 11.8 Å². The smallest absolute Gasteiger partial charge is 0.332 e. The number of imidazole rings is 1. The van der Waals surface area contributed by atoms with Crippen molar-refractivity contribution >= 4 is 10.9 Å². The fourth-order valence-electron chi connectivity index (χ4n) is 4.59. The molecule has 1 atom stereocenters. The number of aromatic amines is 1. The molecule has 3 heterocycles. The van der Waals surface area contributed by atoms with E-state index in [1.165, 1.54) is 4.57 Å². The van der Waals surface area contributed by atoms with Gasteiger partial charge in [-0.25, -0.2) is 4.79 Å². The predicted molar refractivity (Wildman–Crippen MR) is 117 cm³/mol. The number of aromatic hydroxyl groups is 1. The molecule has 2 aromatic heterocycles. The average Bonchev–Trinajstić information content (AvgIpc) is 3.26. The molecule has 6 heteroatoms. The first-order valence-electron chi connectivity index (χ1n) is 10.4. The zero-order chi connectivity index (χ0) is 20.8. The normalized spacial score (nSPS) is 15.2. The van der Waals surface area contributed by atoms with Gasteiger partial charge in [-0.15, -0.1) is 0 Å². The van der Waals surface area contributed by atoms with Crippen molar-refractivity contribution in [3.63, 3.8) is 0 Å². The summed E-state index contributed by atoms with van der Waals surface area (Å²) in [6.07, 6.45) is 2.32. The van der Waals surface area contributed by atoms with Crippen molar-refractivity contribution in [2.24, 2.45) is 0 Å². The Bertz CT molecular complexity index is 1280. The van der Waals surface area contributed by atoms with Gasteiger partial charge in [-0.2, -0.15) is 0 Å². The monoisotopic (exact) mass is 403 g/mol. The molecule has 30 heavy (non-hydrogen) atoms. The van der Waals surface area contributed by atoms with Crippen molar-refractivity contribution in [2.75, 3.05) is 7.11 Å². The molecule has 0 bridgehead atoms. The lowest BCUT2D eigenvalue weighted by molar-refractivity contribution is 0.404. The van der Waals surface area contributed by atoms with E-state index in [1.807, 2.05) is 42.5 Å². The number of ether oxygens (including phenoxy) is 1. The second-order valence-electron chi connectivity index (χ2n) is 7.84. The van der Waals surface area contributed by atoms with Gasteiger partial charge >= 0.3 is 5.69 Å². The van der Waals surface area contributed by atoms with Crippen LogP contribution in [-0.4, -0.2) is 26.3 Å². The Morgan fingerprint density at radius 2 is 1.93 bits per heavy atom. The first-order chi connectivity index (χ1) is 14.6. The molecule has 0 fully saturated rings. The van der Waals surface area contributed by atoms with Crippen LogP contribution in [0, 0.1) is 0 Å². The highest BCUT2D eigenvalue weighted by Crippen LogP contribution is 2.41. The Labute approximate surface area is 174 Å². The number of hydrogen-bond acceptors (Lipinski definition) is 3. The van der Waals surface area contributed by atoms with Crippen molar-refractivity contribution in [2.45, 2.75) is 38.8 Å². The molecule has 0 saturated carbocycles. The first kappa shape index (κ1) is 18.6. The molecular formula is C24H25N3O3. The molecule has 0 unspecified atom stereocenters. The summed E-state index contributed by atoms with van der Waals surface area (Å²) in [5, 5.41) is 12.1. The number of benzene rings is 2. The van der Waals surface area contributed by atoms with Crippen molar-refractivity contribution in [1.82, 2.24) is 14.1 Å². The first-order valence-corrected chi connectivity index (χ1v) is 10.4. The van der Waals surface area contributed by atoms with Gasteiger partial charge in [0, 0.05) is 29.6 Å². The van der Waals surface area contributed by atoms with Gasteiger partial charge in [0.05, 0.1) is 12.8 Å². The summed E-state index contributed by atoms with van der Waals surface area (Å²) in [7, 11) is 1.64. The van der Waals surface area contributed by atoms with E-state index in [0.29, 0.717) is 18.7 Å². The molecule has 2 aromatic carbocycles. The van der Waals surface area contributed by atoms with E-state index >= 15 is 0 Å². The zero-order valence-electron chi connectivity index (χ0n) is 17.2. The Hall–Kier alpha value is -3.41. The van der Waals surface area contributed by atoms with Crippen LogP contribution in [0.5, 0.6) is 11.6 Å². The maximum Gasteiger partial charge on any atom is 0.332 e. The maximum atomic E-state index is 13.4. The van der Waals surface area contributed by atoms with Gasteiger partial charge in [-0.1, -0.05) is 43.7 Å². The van der Waals surface area contributed by atoms with Gasteiger partial charge in [-0.3, -0.25) is 9.13 Å². The van der Waals surface area contributed by atoms with E-state index in [4.69, 9.17) is 4.74 Å². The van der Waals surface area contributed by atoms with E-state index in [2.05, 4.69) is 18.0 Å². The number of rotatable bonds is 5. The van der Waals surface area contributed by atoms with Crippen LogP contribution in [0.4, 0.5) is 0 Å². The molecule has 5 rings (SSSR count). The Balaban J connectivity index is 1.77. The lowest BCUT2D eigenvalue weighted by Crippen LogP contribution is -2.32. The van der Waals surface area contributed by atoms with Crippen LogP contribution in [0.1, 0.15) is 48.3 Å².